The molecule has 143 valence electrons. The van der Waals surface area contributed by atoms with Crippen molar-refractivity contribution in [3.8, 4) is 17.0 Å². The molecule has 1 radical (unpaired) electrons. The van der Waals surface area contributed by atoms with Gasteiger partial charge in [-0.1, -0.05) is 51.1 Å². The molecule has 0 atom stereocenters. The van der Waals surface area contributed by atoms with E-state index in [-0.39, 0.29) is 16.9 Å². The molecule has 3 rings (SSSR count). The molecule has 0 aliphatic heterocycles. The van der Waals surface area contributed by atoms with Gasteiger partial charge in [-0.15, -0.1) is 0 Å². The Hall–Kier alpha value is -3.08. The number of hydrogen-bond donors (Lipinski definition) is 1. The van der Waals surface area contributed by atoms with Gasteiger partial charge in [-0.3, -0.25) is 9.78 Å². The summed E-state index contributed by atoms with van der Waals surface area (Å²) in [4.78, 5) is 23.9. The molecule has 2 aromatic heterocycles. The summed E-state index contributed by atoms with van der Waals surface area (Å²) < 4.78 is 0. The lowest BCUT2D eigenvalue weighted by atomic mass is 9.86. The lowest BCUT2D eigenvalue weighted by molar-refractivity contribution is 0.459. The zero-order valence-electron chi connectivity index (χ0n) is 16.9. The van der Waals surface area contributed by atoms with E-state index in [0.29, 0.717) is 17.9 Å². The third-order valence-corrected chi connectivity index (χ3v) is 4.72. The molecule has 0 amide bonds. The van der Waals surface area contributed by atoms with Gasteiger partial charge in [0.15, 0.2) is 11.4 Å². The molecule has 1 aromatic carbocycles. The molecule has 1 N–H and O–H groups in total. The van der Waals surface area contributed by atoms with Gasteiger partial charge >= 0.3 is 0 Å². The fourth-order valence-corrected chi connectivity index (χ4v) is 3.12. The number of aromatic nitrogens is 3. The molecule has 0 saturated heterocycles. The van der Waals surface area contributed by atoms with Crippen molar-refractivity contribution in [3.63, 3.8) is 0 Å². The van der Waals surface area contributed by atoms with Gasteiger partial charge in [0.25, 0.3) is 6.29 Å². The van der Waals surface area contributed by atoms with Crippen molar-refractivity contribution in [1.29, 1.82) is 0 Å². The van der Waals surface area contributed by atoms with E-state index in [1.54, 1.807) is 19.4 Å². The van der Waals surface area contributed by atoms with Crippen LogP contribution in [0.4, 0.5) is 0 Å². The first-order valence-electron chi connectivity index (χ1n) is 9.20. The Labute approximate surface area is 165 Å². The second kappa shape index (κ2) is 7.50. The average molecular weight is 374 g/mol. The maximum absolute atomic E-state index is 10.9. The summed E-state index contributed by atoms with van der Waals surface area (Å²) in [5, 5.41) is 9.76. The predicted octanol–water partition coefficient (Wildman–Crippen LogP) is 4.21. The van der Waals surface area contributed by atoms with Crippen molar-refractivity contribution in [2.45, 2.75) is 46.5 Å². The Balaban J connectivity index is 1.87. The first-order valence-corrected chi connectivity index (χ1v) is 9.20. The first-order chi connectivity index (χ1) is 13.2. The van der Waals surface area contributed by atoms with E-state index in [4.69, 9.17) is 0 Å². The highest BCUT2D eigenvalue weighted by Crippen LogP contribution is 2.27. The van der Waals surface area contributed by atoms with Crippen LogP contribution < -0.4 is 0 Å². The van der Waals surface area contributed by atoms with E-state index in [1.807, 2.05) is 6.92 Å². The van der Waals surface area contributed by atoms with Gasteiger partial charge in [-0.05, 0) is 36.0 Å². The van der Waals surface area contributed by atoms with Crippen LogP contribution in [0.25, 0.3) is 11.3 Å². The predicted molar refractivity (Wildman–Crippen MR) is 109 cm³/mol. The van der Waals surface area contributed by atoms with E-state index in [9.17, 15) is 9.90 Å². The largest absolute Gasteiger partial charge is 0.504 e. The summed E-state index contributed by atoms with van der Waals surface area (Å²) in [6.45, 7) is 10.2. The molecule has 5 nitrogen and oxygen atoms in total. The molecule has 0 spiro atoms. The van der Waals surface area contributed by atoms with Crippen LogP contribution in [0.1, 0.15) is 54.7 Å². The van der Waals surface area contributed by atoms with Gasteiger partial charge in [0.05, 0.1) is 11.4 Å². The Morgan fingerprint density at radius 1 is 1.07 bits per heavy atom. The van der Waals surface area contributed by atoms with Gasteiger partial charge in [0.1, 0.15) is 5.82 Å². The molecule has 28 heavy (non-hydrogen) atoms. The molecule has 0 unspecified atom stereocenters. The number of aryl methyl sites for hydroxylation is 2. The maximum Gasteiger partial charge on any atom is 0.257 e. The number of carbonyl (C=O) groups excluding carboxylic acids is 1. The van der Waals surface area contributed by atoms with Crippen LogP contribution in [-0.4, -0.2) is 26.3 Å². The lowest BCUT2D eigenvalue weighted by Crippen LogP contribution is -2.10. The summed E-state index contributed by atoms with van der Waals surface area (Å²) in [6, 6.07) is 10.6. The van der Waals surface area contributed by atoms with Crippen molar-refractivity contribution >= 4 is 6.29 Å². The van der Waals surface area contributed by atoms with E-state index in [1.165, 1.54) is 5.56 Å². The van der Waals surface area contributed by atoms with E-state index >= 15 is 0 Å². The molecule has 5 heteroatoms. The minimum atomic E-state index is -0.220. The van der Waals surface area contributed by atoms with Crippen LogP contribution >= 0.6 is 0 Å². The zero-order valence-corrected chi connectivity index (χ0v) is 16.9. The number of rotatable bonds is 4. The Morgan fingerprint density at radius 2 is 1.75 bits per heavy atom. The monoisotopic (exact) mass is 374 g/mol. The minimum absolute atomic E-state index is 0.109. The van der Waals surface area contributed by atoms with Crippen molar-refractivity contribution in [1.82, 2.24) is 15.0 Å². The van der Waals surface area contributed by atoms with Crippen LogP contribution in [0.15, 0.2) is 36.5 Å². The average Bonchev–Trinajstić information content (AvgIpc) is 2.64. The smallest absolute Gasteiger partial charge is 0.257 e. The van der Waals surface area contributed by atoms with Crippen LogP contribution in [-0.2, 0) is 16.6 Å². The van der Waals surface area contributed by atoms with Crippen LogP contribution in [0.2, 0.25) is 0 Å². The summed E-state index contributed by atoms with van der Waals surface area (Å²) in [5.41, 5.74) is 5.67. The highest BCUT2D eigenvalue weighted by Gasteiger charge is 2.15. The van der Waals surface area contributed by atoms with Gasteiger partial charge in [-0.25, -0.2) is 9.97 Å². The van der Waals surface area contributed by atoms with Gasteiger partial charge in [-0.2, -0.15) is 0 Å². The molecule has 0 aliphatic carbocycles. The van der Waals surface area contributed by atoms with Gasteiger partial charge < -0.3 is 5.11 Å². The summed E-state index contributed by atoms with van der Waals surface area (Å²) in [6.07, 6.45) is 3.88. The first kappa shape index (κ1) is 19.7. The third kappa shape index (κ3) is 4.09. The van der Waals surface area contributed by atoms with Crippen LogP contribution in [0, 0.1) is 13.8 Å². The molecule has 2 heterocycles. The van der Waals surface area contributed by atoms with Crippen LogP contribution in [0.5, 0.6) is 5.75 Å². The molecular formula is C23H24N3O2. The summed E-state index contributed by atoms with van der Waals surface area (Å²) in [5.74, 6) is 0.235. The summed E-state index contributed by atoms with van der Waals surface area (Å²) in [7, 11) is 0. The molecule has 0 aliphatic rings. The van der Waals surface area contributed by atoms with E-state index in [0.717, 1.165) is 22.4 Å². The van der Waals surface area contributed by atoms with Crippen molar-refractivity contribution in [3.05, 3.63) is 70.4 Å². The number of nitrogens with zero attached hydrogens (tertiary/aromatic N) is 3. The molecule has 0 saturated carbocycles. The zero-order chi connectivity index (χ0) is 20.5. The lowest BCUT2D eigenvalue weighted by Gasteiger charge is -2.19. The fourth-order valence-electron chi connectivity index (χ4n) is 3.12. The number of pyridine rings is 1. The normalized spacial score (nSPS) is 11.5. The maximum atomic E-state index is 10.9. The highest BCUT2D eigenvalue weighted by molar-refractivity contribution is 5.77. The minimum Gasteiger partial charge on any atom is -0.504 e. The number of hydrogen-bond acceptors (Lipinski definition) is 5. The second-order valence-electron chi connectivity index (χ2n) is 8.04. The highest BCUT2D eigenvalue weighted by atomic mass is 16.3. The Kier molecular flexibility index (Phi) is 5.27. The standard InChI is InChI=1S/C23H24N3O2/c1-14-10-16(11-20-25-15(2)22(28)19(13-27)26-20)12-24-21(14)17-6-8-18(9-7-17)23(3,4)5/h6-10,12,28H,11H2,1-5H3. The SMILES string of the molecule is Cc1cc(Cc2nc(C)c(O)c([C]=O)n2)cnc1-c1ccc(C(C)(C)C)cc1. The topological polar surface area (TPSA) is 76.0 Å². The second-order valence-corrected chi connectivity index (χ2v) is 8.04. The Morgan fingerprint density at radius 3 is 2.32 bits per heavy atom. The van der Waals surface area contributed by atoms with E-state index in [2.05, 4.69) is 66.1 Å². The van der Waals surface area contributed by atoms with Crippen molar-refractivity contribution < 1.29 is 9.90 Å². The quantitative estimate of drug-likeness (QED) is 0.740. The van der Waals surface area contributed by atoms with E-state index < -0.39 is 0 Å². The van der Waals surface area contributed by atoms with Gasteiger partial charge in [0, 0.05) is 18.2 Å². The summed E-state index contributed by atoms with van der Waals surface area (Å²) >= 11 is 0. The van der Waals surface area contributed by atoms with Crippen molar-refractivity contribution in [2.24, 2.45) is 0 Å². The molecular weight excluding hydrogens is 350 g/mol. The van der Waals surface area contributed by atoms with Crippen molar-refractivity contribution in [2.75, 3.05) is 0 Å². The molecule has 0 bridgehead atoms. The van der Waals surface area contributed by atoms with Gasteiger partial charge in [0.2, 0.25) is 0 Å². The van der Waals surface area contributed by atoms with Crippen LogP contribution in [0.3, 0.4) is 0 Å². The molecule has 0 fully saturated rings. The third-order valence-electron chi connectivity index (χ3n) is 4.72. The number of aromatic hydroxyl groups is 1. The fraction of sp³-hybridized carbons (Fsp3) is 0.304. The Bertz CT molecular complexity index is 1020. The number of benzene rings is 1. The molecule has 3 aromatic rings.